The van der Waals surface area contributed by atoms with Crippen molar-refractivity contribution in [2.45, 2.75) is 88.9 Å². The number of benzene rings is 1. The Hall–Kier alpha value is -1.51. The smallest absolute Gasteiger partial charge is 0.303 e. The summed E-state index contributed by atoms with van der Waals surface area (Å²) in [5.41, 5.74) is 3.26. The summed E-state index contributed by atoms with van der Waals surface area (Å²) in [4.78, 5) is 11.0. The third kappa shape index (κ3) is 3.93. The number of carboxylic acids is 1. The maximum Gasteiger partial charge on any atom is 0.303 e. The number of phenols is 1. The van der Waals surface area contributed by atoms with Gasteiger partial charge in [0.15, 0.2) is 0 Å². The second kappa shape index (κ2) is 8.04. The summed E-state index contributed by atoms with van der Waals surface area (Å²) in [6.45, 7) is 0. The number of phenolic OH excluding ortho intramolecular Hbond substituents is 1. The number of carbonyl (C=O) groups is 1. The van der Waals surface area contributed by atoms with Gasteiger partial charge in [-0.05, 0) is 55.1 Å². The molecule has 3 rings (SSSR count). The Labute approximate surface area is 145 Å². The topological polar surface area (TPSA) is 57.5 Å². The second-order valence-electron chi connectivity index (χ2n) is 7.64. The first-order valence-electron chi connectivity index (χ1n) is 9.73. The van der Waals surface area contributed by atoms with Crippen LogP contribution in [0, 0.1) is 0 Å². The third-order valence-electron chi connectivity index (χ3n) is 6.01. The molecule has 0 heterocycles. The van der Waals surface area contributed by atoms with Crippen molar-refractivity contribution in [3.8, 4) is 5.75 Å². The van der Waals surface area contributed by atoms with E-state index in [1.807, 2.05) is 0 Å². The maximum absolute atomic E-state index is 11.1. The highest BCUT2D eigenvalue weighted by molar-refractivity contribution is 5.67. The molecule has 0 aromatic heterocycles. The van der Waals surface area contributed by atoms with Gasteiger partial charge in [-0.25, -0.2) is 0 Å². The van der Waals surface area contributed by atoms with Crippen LogP contribution in [-0.4, -0.2) is 16.2 Å². The lowest BCUT2D eigenvalue weighted by Gasteiger charge is -2.29. The molecule has 2 aliphatic carbocycles. The third-order valence-corrected chi connectivity index (χ3v) is 6.01. The zero-order chi connectivity index (χ0) is 16.9. The molecule has 1 aromatic carbocycles. The molecule has 0 aliphatic heterocycles. The minimum atomic E-state index is -0.763. The fourth-order valence-corrected chi connectivity index (χ4v) is 4.72. The van der Waals surface area contributed by atoms with Gasteiger partial charge in [0.25, 0.3) is 0 Å². The van der Waals surface area contributed by atoms with E-state index in [4.69, 9.17) is 5.11 Å². The summed E-state index contributed by atoms with van der Waals surface area (Å²) in [6, 6.07) is 4.19. The van der Waals surface area contributed by atoms with Gasteiger partial charge in [-0.2, -0.15) is 0 Å². The standard InChI is InChI=1S/C21H30O3/c22-19(23)14-12-17-11-13-18(15-7-3-1-4-8-15)21(24)20(17)16-9-5-2-6-10-16/h11,13,15-16,24H,1-10,12,14H2,(H,22,23). The molecule has 0 atom stereocenters. The lowest BCUT2D eigenvalue weighted by Crippen LogP contribution is -2.12. The van der Waals surface area contributed by atoms with Crippen LogP contribution in [0.25, 0.3) is 0 Å². The molecule has 132 valence electrons. The first kappa shape index (κ1) is 17.3. The molecular weight excluding hydrogens is 300 g/mol. The minimum Gasteiger partial charge on any atom is -0.507 e. The van der Waals surface area contributed by atoms with Crippen LogP contribution in [0.2, 0.25) is 0 Å². The van der Waals surface area contributed by atoms with E-state index in [1.165, 1.54) is 51.4 Å². The van der Waals surface area contributed by atoms with Crippen LogP contribution < -0.4 is 0 Å². The summed E-state index contributed by atoms with van der Waals surface area (Å²) in [5, 5.41) is 20.1. The number of hydrogen-bond acceptors (Lipinski definition) is 2. The number of aromatic hydroxyl groups is 1. The van der Waals surface area contributed by atoms with Crippen molar-refractivity contribution in [1.82, 2.24) is 0 Å². The van der Waals surface area contributed by atoms with Crippen molar-refractivity contribution >= 4 is 5.97 Å². The van der Waals surface area contributed by atoms with Crippen molar-refractivity contribution < 1.29 is 15.0 Å². The van der Waals surface area contributed by atoms with Gasteiger partial charge in [0.1, 0.15) is 5.75 Å². The highest BCUT2D eigenvalue weighted by Crippen LogP contribution is 2.45. The van der Waals surface area contributed by atoms with Gasteiger partial charge in [-0.15, -0.1) is 0 Å². The molecule has 2 aliphatic rings. The van der Waals surface area contributed by atoms with E-state index in [0.29, 0.717) is 24.0 Å². The van der Waals surface area contributed by atoms with E-state index < -0.39 is 5.97 Å². The summed E-state index contributed by atoms with van der Waals surface area (Å²) in [6.07, 6.45) is 12.8. The van der Waals surface area contributed by atoms with Crippen molar-refractivity contribution in [2.75, 3.05) is 0 Å². The van der Waals surface area contributed by atoms with Crippen LogP contribution in [-0.2, 0) is 11.2 Å². The number of aliphatic carboxylic acids is 1. The van der Waals surface area contributed by atoms with Crippen LogP contribution in [0.5, 0.6) is 5.75 Å². The lowest BCUT2D eigenvalue weighted by molar-refractivity contribution is -0.136. The Morgan fingerprint density at radius 3 is 2.08 bits per heavy atom. The van der Waals surface area contributed by atoms with Crippen LogP contribution in [0.15, 0.2) is 12.1 Å². The van der Waals surface area contributed by atoms with Gasteiger partial charge in [0, 0.05) is 12.0 Å². The predicted octanol–water partition coefficient (Wildman–Crippen LogP) is 5.50. The molecule has 2 fully saturated rings. The average Bonchev–Trinajstić information content (AvgIpc) is 2.61. The molecule has 0 amide bonds. The van der Waals surface area contributed by atoms with E-state index >= 15 is 0 Å². The molecule has 1 aromatic rings. The van der Waals surface area contributed by atoms with E-state index in [1.54, 1.807) is 0 Å². The van der Waals surface area contributed by atoms with Crippen molar-refractivity contribution in [3.63, 3.8) is 0 Å². The Morgan fingerprint density at radius 1 is 0.917 bits per heavy atom. The van der Waals surface area contributed by atoms with Crippen LogP contribution in [0.1, 0.15) is 99.2 Å². The molecule has 2 saturated carbocycles. The van der Waals surface area contributed by atoms with E-state index in [2.05, 4.69) is 12.1 Å². The Kier molecular flexibility index (Phi) is 5.80. The fraction of sp³-hybridized carbons (Fsp3) is 0.667. The molecule has 0 radical (unpaired) electrons. The summed E-state index contributed by atoms with van der Waals surface area (Å²) >= 11 is 0. The van der Waals surface area contributed by atoms with Gasteiger partial charge in [0.05, 0.1) is 0 Å². The largest absolute Gasteiger partial charge is 0.507 e. The summed E-state index contributed by atoms with van der Waals surface area (Å²) < 4.78 is 0. The number of carboxylic acid groups (broad SMARTS) is 1. The highest BCUT2D eigenvalue weighted by atomic mass is 16.4. The first-order valence-corrected chi connectivity index (χ1v) is 9.73. The number of rotatable bonds is 5. The normalized spacial score (nSPS) is 20.2. The van der Waals surface area contributed by atoms with E-state index in [0.717, 1.165) is 29.5 Å². The first-order chi connectivity index (χ1) is 11.7. The monoisotopic (exact) mass is 330 g/mol. The zero-order valence-electron chi connectivity index (χ0n) is 14.6. The molecule has 3 heteroatoms. The predicted molar refractivity (Wildman–Crippen MR) is 95.7 cm³/mol. The van der Waals surface area contributed by atoms with E-state index in [-0.39, 0.29) is 6.42 Å². The van der Waals surface area contributed by atoms with Crippen molar-refractivity contribution in [3.05, 3.63) is 28.8 Å². The van der Waals surface area contributed by atoms with Crippen LogP contribution >= 0.6 is 0 Å². The Morgan fingerprint density at radius 2 is 1.50 bits per heavy atom. The molecule has 0 spiro atoms. The van der Waals surface area contributed by atoms with Gasteiger partial charge >= 0.3 is 5.97 Å². The van der Waals surface area contributed by atoms with Gasteiger partial charge < -0.3 is 10.2 Å². The molecule has 0 bridgehead atoms. The lowest BCUT2D eigenvalue weighted by atomic mass is 9.77. The minimum absolute atomic E-state index is 0.141. The van der Waals surface area contributed by atoms with Gasteiger partial charge in [-0.1, -0.05) is 50.7 Å². The quantitative estimate of drug-likeness (QED) is 0.749. The summed E-state index contributed by atoms with van der Waals surface area (Å²) in [5.74, 6) is 0.623. The summed E-state index contributed by atoms with van der Waals surface area (Å²) in [7, 11) is 0. The van der Waals surface area contributed by atoms with Crippen molar-refractivity contribution in [1.29, 1.82) is 0 Å². The Balaban J connectivity index is 1.93. The van der Waals surface area contributed by atoms with Crippen molar-refractivity contribution in [2.24, 2.45) is 0 Å². The SMILES string of the molecule is O=C(O)CCc1ccc(C2CCCCC2)c(O)c1C1CCCCC1. The second-order valence-corrected chi connectivity index (χ2v) is 7.64. The average molecular weight is 330 g/mol. The van der Waals surface area contributed by atoms with Crippen LogP contribution in [0.3, 0.4) is 0 Å². The molecule has 0 saturated heterocycles. The maximum atomic E-state index is 11.1. The van der Waals surface area contributed by atoms with E-state index in [9.17, 15) is 9.90 Å². The number of hydrogen-bond donors (Lipinski definition) is 2. The molecule has 24 heavy (non-hydrogen) atoms. The molecule has 3 nitrogen and oxygen atoms in total. The fourth-order valence-electron chi connectivity index (χ4n) is 4.72. The molecular formula is C21H30O3. The molecule has 2 N–H and O–H groups in total. The molecule has 0 unspecified atom stereocenters. The Bertz CT molecular complexity index is 567. The highest BCUT2D eigenvalue weighted by Gasteiger charge is 2.26. The zero-order valence-corrected chi connectivity index (χ0v) is 14.6. The van der Waals surface area contributed by atoms with Gasteiger partial charge in [-0.3, -0.25) is 4.79 Å². The number of aryl methyl sites for hydroxylation is 1. The van der Waals surface area contributed by atoms with Gasteiger partial charge in [0.2, 0.25) is 0 Å². The van der Waals surface area contributed by atoms with Crippen LogP contribution in [0.4, 0.5) is 0 Å².